The van der Waals surface area contributed by atoms with Gasteiger partial charge in [-0.1, -0.05) is 0 Å². The standard InChI is InChI=1S/C14H20N4O2S/c1-17-14(18-6-3-4-7-18)12(9-15-17)13(20)16-11(10-19)5-8-21-2/h3-4,6-7,9,11,19H,5,8,10H2,1-2H3,(H,16,20). The Kier molecular flexibility index (Phi) is 5.46. The summed E-state index contributed by atoms with van der Waals surface area (Å²) < 4.78 is 3.50. The molecule has 0 saturated heterocycles. The molecule has 6 nitrogen and oxygen atoms in total. The van der Waals surface area contributed by atoms with Gasteiger partial charge >= 0.3 is 0 Å². The summed E-state index contributed by atoms with van der Waals surface area (Å²) in [6, 6.07) is 3.55. The van der Waals surface area contributed by atoms with Crippen LogP contribution >= 0.6 is 11.8 Å². The number of thioether (sulfide) groups is 1. The number of aliphatic hydroxyl groups is 1. The second kappa shape index (κ2) is 7.33. The molecule has 0 saturated carbocycles. The van der Waals surface area contributed by atoms with E-state index in [2.05, 4.69) is 10.4 Å². The van der Waals surface area contributed by atoms with Gasteiger partial charge in [-0.05, 0) is 30.6 Å². The molecule has 2 aromatic heterocycles. The number of nitrogens with one attached hydrogen (secondary N) is 1. The van der Waals surface area contributed by atoms with E-state index >= 15 is 0 Å². The maximum absolute atomic E-state index is 12.4. The van der Waals surface area contributed by atoms with Crippen molar-refractivity contribution in [1.29, 1.82) is 0 Å². The van der Waals surface area contributed by atoms with Gasteiger partial charge in [-0.3, -0.25) is 9.48 Å². The minimum Gasteiger partial charge on any atom is -0.394 e. The number of aromatic nitrogens is 3. The van der Waals surface area contributed by atoms with Crippen LogP contribution in [0.4, 0.5) is 0 Å². The molecule has 0 aliphatic heterocycles. The lowest BCUT2D eigenvalue weighted by Crippen LogP contribution is -2.38. The normalized spacial score (nSPS) is 12.3. The highest BCUT2D eigenvalue weighted by Gasteiger charge is 2.19. The van der Waals surface area contributed by atoms with Crippen LogP contribution in [0, 0.1) is 0 Å². The van der Waals surface area contributed by atoms with Gasteiger partial charge in [0.2, 0.25) is 0 Å². The molecule has 0 radical (unpaired) electrons. The van der Waals surface area contributed by atoms with Crippen LogP contribution in [0.25, 0.3) is 5.82 Å². The van der Waals surface area contributed by atoms with Gasteiger partial charge in [-0.15, -0.1) is 0 Å². The first-order valence-corrected chi connectivity index (χ1v) is 8.12. The van der Waals surface area contributed by atoms with Crippen LogP contribution in [0.15, 0.2) is 30.7 Å². The van der Waals surface area contributed by atoms with E-state index in [9.17, 15) is 9.90 Å². The number of aryl methyl sites for hydroxylation is 1. The molecular formula is C14H20N4O2S. The summed E-state index contributed by atoms with van der Waals surface area (Å²) in [6.07, 6.45) is 8.02. The second-order valence-corrected chi connectivity index (χ2v) is 5.72. The van der Waals surface area contributed by atoms with Gasteiger partial charge in [-0.25, -0.2) is 0 Å². The van der Waals surface area contributed by atoms with Crippen molar-refractivity contribution in [3.8, 4) is 5.82 Å². The van der Waals surface area contributed by atoms with E-state index in [0.29, 0.717) is 11.4 Å². The quantitative estimate of drug-likeness (QED) is 0.802. The van der Waals surface area contributed by atoms with Crippen LogP contribution in [0.1, 0.15) is 16.8 Å². The van der Waals surface area contributed by atoms with Crippen molar-refractivity contribution in [2.75, 3.05) is 18.6 Å². The van der Waals surface area contributed by atoms with Gasteiger partial charge in [0.05, 0.1) is 18.8 Å². The molecule has 0 aromatic carbocycles. The highest BCUT2D eigenvalue weighted by atomic mass is 32.2. The summed E-state index contributed by atoms with van der Waals surface area (Å²) in [5.74, 6) is 1.38. The Bertz CT molecular complexity index is 580. The summed E-state index contributed by atoms with van der Waals surface area (Å²) in [6.45, 7) is -0.0641. The number of nitrogens with zero attached hydrogens (tertiary/aromatic N) is 3. The first-order chi connectivity index (χ1) is 10.2. The zero-order valence-corrected chi connectivity index (χ0v) is 13.0. The third-order valence-corrected chi connectivity index (χ3v) is 3.87. The average molecular weight is 308 g/mol. The lowest BCUT2D eigenvalue weighted by atomic mass is 10.2. The van der Waals surface area contributed by atoms with Crippen molar-refractivity contribution >= 4 is 17.7 Å². The van der Waals surface area contributed by atoms with Crippen molar-refractivity contribution in [3.05, 3.63) is 36.3 Å². The molecule has 2 N–H and O–H groups in total. The molecule has 0 aliphatic carbocycles. The lowest BCUT2D eigenvalue weighted by Gasteiger charge is -2.16. The fourth-order valence-electron chi connectivity index (χ4n) is 2.11. The Morgan fingerprint density at radius 2 is 2.19 bits per heavy atom. The molecule has 114 valence electrons. The second-order valence-electron chi connectivity index (χ2n) is 4.73. The number of carbonyl (C=O) groups excluding carboxylic acids is 1. The molecule has 0 spiro atoms. The lowest BCUT2D eigenvalue weighted by molar-refractivity contribution is 0.0915. The SMILES string of the molecule is CSCCC(CO)NC(=O)c1cnn(C)c1-n1cccc1. The number of carbonyl (C=O) groups is 1. The Balaban J connectivity index is 2.16. The predicted octanol–water partition coefficient (Wildman–Crippen LogP) is 1.05. The van der Waals surface area contributed by atoms with E-state index in [1.54, 1.807) is 29.7 Å². The third-order valence-electron chi connectivity index (χ3n) is 3.23. The smallest absolute Gasteiger partial charge is 0.256 e. The largest absolute Gasteiger partial charge is 0.394 e. The Morgan fingerprint density at radius 3 is 2.81 bits per heavy atom. The monoisotopic (exact) mass is 308 g/mol. The topological polar surface area (TPSA) is 72.1 Å². The molecule has 2 aromatic rings. The zero-order valence-electron chi connectivity index (χ0n) is 12.2. The van der Waals surface area contributed by atoms with E-state index in [-0.39, 0.29) is 18.6 Å². The number of aliphatic hydroxyl groups excluding tert-OH is 1. The Labute approximate surface area is 128 Å². The van der Waals surface area contributed by atoms with E-state index in [4.69, 9.17) is 0 Å². The highest BCUT2D eigenvalue weighted by Crippen LogP contribution is 2.14. The maximum Gasteiger partial charge on any atom is 0.256 e. The van der Waals surface area contributed by atoms with Crippen LogP contribution in [0.2, 0.25) is 0 Å². The van der Waals surface area contributed by atoms with E-state index in [0.717, 1.165) is 12.2 Å². The van der Waals surface area contributed by atoms with Crippen molar-refractivity contribution in [2.24, 2.45) is 7.05 Å². The minimum atomic E-state index is -0.234. The maximum atomic E-state index is 12.4. The van der Waals surface area contributed by atoms with E-state index < -0.39 is 0 Å². The number of rotatable bonds is 7. The highest BCUT2D eigenvalue weighted by molar-refractivity contribution is 7.98. The van der Waals surface area contributed by atoms with Crippen molar-refractivity contribution < 1.29 is 9.90 Å². The van der Waals surface area contributed by atoms with Gasteiger partial charge in [0.15, 0.2) is 0 Å². The molecule has 21 heavy (non-hydrogen) atoms. The Hall–Kier alpha value is -1.73. The van der Waals surface area contributed by atoms with Gasteiger partial charge in [0.25, 0.3) is 5.91 Å². The average Bonchev–Trinajstić information content (AvgIpc) is 3.11. The van der Waals surface area contributed by atoms with Crippen molar-refractivity contribution in [3.63, 3.8) is 0 Å². The molecule has 0 bridgehead atoms. The molecule has 0 aliphatic rings. The van der Waals surface area contributed by atoms with E-state index in [1.165, 1.54) is 0 Å². The summed E-state index contributed by atoms with van der Waals surface area (Å²) in [5, 5.41) is 16.4. The zero-order chi connectivity index (χ0) is 15.2. The van der Waals surface area contributed by atoms with Gasteiger partial charge < -0.3 is 15.0 Å². The number of amides is 1. The van der Waals surface area contributed by atoms with E-state index in [1.807, 2.05) is 35.3 Å². The van der Waals surface area contributed by atoms with Crippen LogP contribution in [0.5, 0.6) is 0 Å². The van der Waals surface area contributed by atoms with Crippen LogP contribution in [0.3, 0.4) is 0 Å². The molecule has 1 unspecified atom stereocenters. The molecule has 1 atom stereocenters. The molecular weight excluding hydrogens is 288 g/mol. The van der Waals surface area contributed by atoms with Crippen LogP contribution in [-0.4, -0.2) is 50.0 Å². The molecule has 2 heterocycles. The molecule has 1 amide bonds. The molecule has 2 rings (SSSR count). The molecule has 7 heteroatoms. The van der Waals surface area contributed by atoms with Crippen LogP contribution < -0.4 is 5.32 Å². The van der Waals surface area contributed by atoms with Crippen molar-refractivity contribution in [1.82, 2.24) is 19.7 Å². The Morgan fingerprint density at radius 1 is 1.48 bits per heavy atom. The van der Waals surface area contributed by atoms with Gasteiger partial charge in [0, 0.05) is 19.4 Å². The van der Waals surface area contributed by atoms with Gasteiger partial charge in [-0.2, -0.15) is 16.9 Å². The summed E-state index contributed by atoms with van der Waals surface area (Å²) in [7, 11) is 1.80. The number of hydrogen-bond acceptors (Lipinski definition) is 4. The fourth-order valence-corrected chi connectivity index (χ4v) is 2.63. The fraction of sp³-hybridized carbons (Fsp3) is 0.429. The summed E-state index contributed by atoms with van der Waals surface area (Å²) in [5.41, 5.74) is 0.497. The minimum absolute atomic E-state index is 0.0641. The summed E-state index contributed by atoms with van der Waals surface area (Å²) in [4.78, 5) is 12.4. The first kappa shape index (κ1) is 15.7. The predicted molar refractivity (Wildman–Crippen MR) is 83.9 cm³/mol. The third kappa shape index (κ3) is 3.68. The van der Waals surface area contributed by atoms with Crippen molar-refractivity contribution in [2.45, 2.75) is 12.5 Å². The first-order valence-electron chi connectivity index (χ1n) is 6.73. The molecule has 0 fully saturated rings. The summed E-state index contributed by atoms with van der Waals surface area (Å²) >= 11 is 1.69. The van der Waals surface area contributed by atoms with Crippen LogP contribution in [-0.2, 0) is 7.05 Å². The van der Waals surface area contributed by atoms with Gasteiger partial charge in [0.1, 0.15) is 11.4 Å². The number of hydrogen-bond donors (Lipinski definition) is 2.